The quantitative estimate of drug-likeness (QED) is 0.182. The molecule has 0 unspecified atom stereocenters. The third-order valence-corrected chi connectivity index (χ3v) is 6.04. The second-order valence-corrected chi connectivity index (χ2v) is 9.44. The van der Waals surface area contributed by atoms with Crippen LogP contribution in [0.5, 0.6) is 11.5 Å². The van der Waals surface area contributed by atoms with Gasteiger partial charge in [0.15, 0.2) is 18.1 Å². The number of hydrogen-bond donors (Lipinski definition) is 3. The zero-order chi connectivity index (χ0) is 28.4. The summed E-state index contributed by atoms with van der Waals surface area (Å²) in [7, 11) is 1.41. The van der Waals surface area contributed by atoms with Crippen LogP contribution >= 0.6 is 23.2 Å². The number of carbonyl (C=O) groups excluding carboxylic acids is 3. The van der Waals surface area contributed by atoms with Crippen molar-refractivity contribution in [3.8, 4) is 11.5 Å². The SMILES string of the molecule is COc1cc(/C=N\NC(=O)C(=O)NCc2ccc(C(C)C)cc2)cc(Cl)c1OCC(=O)Nc1ccccc1Cl. The van der Waals surface area contributed by atoms with Crippen molar-refractivity contribution >= 4 is 52.8 Å². The van der Waals surface area contributed by atoms with Crippen LogP contribution in [0.1, 0.15) is 36.5 Å². The van der Waals surface area contributed by atoms with Crippen LogP contribution in [0.15, 0.2) is 65.8 Å². The molecule has 0 saturated carbocycles. The van der Waals surface area contributed by atoms with Crippen molar-refractivity contribution in [3.63, 3.8) is 0 Å². The van der Waals surface area contributed by atoms with Crippen molar-refractivity contribution in [2.45, 2.75) is 26.3 Å². The fraction of sp³-hybridized carbons (Fsp3) is 0.214. The lowest BCUT2D eigenvalue weighted by Gasteiger charge is -2.13. The molecule has 0 fully saturated rings. The lowest BCUT2D eigenvalue weighted by Crippen LogP contribution is -2.37. The summed E-state index contributed by atoms with van der Waals surface area (Å²) < 4.78 is 10.9. The summed E-state index contributed by atoms with van der Waals surface area (Å²) in [5.41, 5.74) is 5.13. The van der Waals surface area contributed by atoms with Gasteiger partial charge in [0.1, 0.15) is 0 Å². The summed E-state index contributed by atoms with van der Waals surface area (Å²) >= 11 is 12.4. The molecule has 3 aromatic rings. The van der Waals surface area contributed by atoms with Gasteiger partial charge in [-0.05, 0) is 46.9 Å². The van der Waals surface area contributed by atoms with E-state index in [1.165, 1.54) is 25.0 Å². The van der Waals surface area contributed by atoms with Crippen LogP contribution in [0.25, 0.3) is 0 Å². The largest absolute Gasteiger partial charge is 0.493 e. The summed E-state index contributed by atoms with van der Waals surface area (Å²) in [5.74, 6) is -1.40. The first-order valence-electron chi connectivity index (χ1n) is 11.9. The highest BCUT2D eigenvalue weighted by Gasteiger charge is 2.15. The number of nitrogens with zero attached hydrogens (tertiary/aromatic N) is 1. The second-order valence-electron chi connectivity index (χ2n) is 8.63. The molecule has 0 atom stereocenters. The Kier molecular flexibility index (Phi) is 10.7. The maximum atomic E-state index is 12.3. The smallest absolute Gasteiger partial charge is 0.329 e. The summed E-state index contributed by atoms with van der Waals surface area (Å²) in [4.78, 5) is 36.5. The molecule has 0 bridgehead atoms. The van der Waals surface area contributed by atoms with Gasteiger partial charge in [0.05, 0.1) is 29.1 Å². The average Bonchev–Trinajstić information content (AvgIpc) is 2.92. The van der Waals surface area contributed by atoms with Crippen molar-refractivity contribution < 1.29 is 23.9 Å². The van der Waals surface area contributed by atoms with Crippen LogP contribution in [-0.2, 0) is 20.9 Å². The topological polar surface area (TPSA) is 118 Å². The monoisotopic (exact) mass is 570 g/mol. The van der Waals surface area contributed by atoms with E-state index in [0.29, 0.717) is 22.2 Å². The van der Waals surface area contributed by atoms with E-state index in [4.69, 9.17) is 32.7 Å². The molecule has 0 aliphatic rings. The number of anilines is 1. The molecule has 0 aliphatic heterocycles. The van der Waals surface area contributed by atoms with Crippen molar-refractivity contribution in [3.05, 3.63) is 87.4 Å². The lowest BCUT2D eigenvalue weighted by atomic mass is 10.0. The van der Waals surface area contributed by atoms with Crippen LogP contribution in [0.2, 0.25) is 10.0 Å². The number of nitrogens with one attached hydrogen (secondary N) is 3. The van der Waals surface area contributed by atoms with Gasteiger partial charge in [0.2, 0.25) is 0 Å². The number of hydrogen-bond acceptors (Lipinski definition) is 6. The molecule has 0 spiro atoms. The minimum absolute atomic E-state index is 0.147. The predicted octanol–water partition coefficient (Wildman–Crippen LogP) is 4.91. The number of hydrazone groups is 1. The molecule has 3 rings (SSSR count). The number of amides is 3. The minimum atomic E-state index is -0.924. The molecule has 3 amide bonds. The number of ether oxygens (including phenoxy) is 2. The molecule has 0 aliphatic carbocycles. The number of rotatable bonds is 10. The standard InChI is InChI=1S/C28H28Cl2N4O5/c1-17(2)20-10-8-18(9-11-20)14-31-27(36)28(37)34-32-15-19-12-22(30)26(24(13-19)38-3)39-16-25(35)33-23-7-5-4-6-21(23)29/h4-13,15,17H,14,16H2,1-3H3,(H,31,36)(H,33,35)(H,34,37)/b32-15-. The average molecular weight is 571 g/mol. The lowest BCUT2D eigenvalue weighted by molar-refractivity contribution is -0.139. The molecule has 204 valence electrons. The molecule has 3 aromatic carbocycles. The van der Waals surface area contributed by atoms with Gasteiger partial charge in [-0.15, -0.1) is 0 Å². The normalized spacial score (nSPS) is 10.8. The van der Waals surface area contributed by atoms with Crippen LogP contribution in [0.4, 0.5) is 5.69 Å². The molecule has 0 radical (unpaired) electrons. The Morgan fingerprint density at radius 3 is 2.36 bits per heavy atom. The van der Waals surface area contributed by atoms with E-state index < -0.39 is 17.7 Å². The van der Waals surface area contributed by atoms with Gasteiger partial charge < -0.3 is 20.1 Å². The molecule has 39 heavy (non-hydrogen) atoms. The Morgan fingerprint density at radius 2 is 1.69 bits per heavy atom. The van der Waals surface area contributed by atoms with Gasteiger partial charge in [-0.25, -0.2) is 5.43 Å². The molecular formula is C28H28Cl2N4O5. The van der Waals surface area contributed by atoms with Crippen molar-refractivity contribution in [1.82, 2.24) is 10.7 Å². The predicted molar refractivity (Wildman–Crippen MR) is 152 cm³/mol. The molecular weight excluding hydrogens is 543 g/mol. The minimum Gasteiger partial charge on any atom is -0.493 e. The van der Waals surface area contributed by atoms with E-state index in [-0.39, 0.29) is 29.7 Å². The van der Waals surface area contributed by atoms with Crippen molar-refractivity contribution in [2.24, 2.45) is 5.10 Å². The Labute approximate surface area is 236 Å². The van der Waals surface area contributed by atoms with E-state index in [1.807, 2.05) is 24.3 Å². The second kappa shape index (κ2) is 14.2. The van der Waals surface area contributed by atoms with Crippen molar-refractivity contribution in [1.29, 1.82) is 0 Å². The van der Waals surface area contributed by atoms with E-state index in [2.05, 4.69) is 35.0 Å². The summed E-state index contributed by atoms with van der Waals surface area (Å²) in [6.07, 6.45) is 1.29. The number of halogens is 2. The number of para-hydroxylation sites is 1. The van der Waals surface area contributed by atoms with Gasteiger partial charge in [-0.1, -0.05) is 73.4 Å². The fourth-order valence-electron chi connectivity index (χ4n) is 3.34. The highest BCUT2D eigenvalue weighted by Crippen LogP contribution is 2.36. The third kappa shape index (κ3) is 8.73. The summed E-state index contributed by atoms with van der Waals surface area (Å²) in [6.45, 7) is 4.05. The van der Waals surface area contributed by atoms with Crippen LogP contribution in [0, 0.1) is 0 Å². The zero-order valence-electron chi connectivity index (χ0n) is 21.6. The van der Waals surface area contributed by atoms with Crippen LogP contribution in [-0.4, -0.2) is 37.7 Å². The first-order chi connectivity index (χ1) is 18.7. The molecule has 11 heteroatoms. The molecule has 3 N–H and O–H groups in total. The van der Waals surface area contributed by atoms with E-state index in [0.717, 1.165) is 5.56 Å². The highest BCUT2D eigenvalue weighted by atomic mass is 35.5. The first-order valence-corrected chi connectivity index (χ1v) is 12.7. The Morgan fingerprint density at radius 1 is 0.974 bits per heavy atom. The Bertz CT molecular complexity index is 1360. The zero-order valence-corrected chi connectivity index (χ0v) is 23.1. The molecule has 0 heterocycles. The van der Waals surface area contributed by atoms with E-state index >= 15 is 0 Å². The number of carbonyl (C=O) groups is 3. The van der Waals surface area contributed by atoms with Gasteiger partial charge >= 0.3 is 11.8 Å². The van der Waals surface area contributed by atoms with E-state index in [1.54, 1.807) is 30.3 Å². The molecule has 0 aromatic heterocycles. The first kappa shape index (κ1) is 29.5. The molecule has 9 nitrogen and oxygen atoms in total. The summed E-state index contributed by atoms with van der Waals surface area (Å²) in [6, 6.07) is 17.6. The van der Waals surface area contributed by atoms with Gasteiger partial charge in [0.25, 0.3) is 5.91 Å². The maximum absolute atomic E-state index is 12.3. The van der Waals surface area contributed by atoms with Gasteiger partial charge in [-0.2, -0.15) is 5.10 Å². The van der Waals surface area contributed by atoms with Gasteiger partial charge in [0, 0.05) is 6.54 Å². The van der Waals surface area contributed by atoms with Crippen LogP contribution < -0.4 is 25.5 Å². The van der Waals surface area contributed by atoms with E-state index in [9.17, 15) is 14.4 Å². The number of benzene rings is 3. The third-order valence-electron chi connectivity index (χ3n) is 5.43. The Hall–Kier alpha value is -4.08. The maximum Gasteiger partial charge on any atom is 0.329 e. The highest BCUT2D eigenvalue weighted by molar-refractivity contribution is 6.35. The number of methoxy groups -OCH3 is 1. The fourth-order valence-corrected chi connectivity index (χ4v) is 3.80. The van der Waals surface area contributed by atoms with Crippen molar-refractivity contribution in [2.75, 3.05) is 19.0 Å². The van der Waals surface area contributed by atoms with Crippen LogP contribution in [0.3, 0.4) is 0 Å². The Balaban J connectivity index is 1.53. The molecule has 0 saturated heterocycles. The summed E-state index contributed by atoms with van der Waals surface area (Å²) in [5, 5.41) is 9.55. The van der Waals surface area contributed by atoms with Gasteiger partial charge in [-0.3, -0.25) is 14.4 Å².